The summed E-state index contributed by atoms with van der Waals surface area (Å²) in [6.07, 6.45) is 1.56. The van der Waals surface area contributed by atoms with E-state index in [9.17, 15) is 9.59 Å². The van der Waals surface area contributed by atoms with Crippen molar-refractivity contribution < 1.29 is 19.1 Å². The van der Waals surface area contributed by atoms with Gasteiger partial charge in [0.25, 0.3) is 0 Å². The fourth-order valence-corrected chi connectivity index (χ4v) is 4.46. The Hall–Kier alpha value is -1.74. The number of esters is 1. The molecule has 1 aliphatic heterocycles. The van der Waals surface area contributed by atoms with Crippen LogP contribution in [0.15, 0.2) is 40.2 Å². The summed E-state index contributed by atoms with van der Waals surface area (Å²) < 4.78 is 11.6. The molecule has 150 valence electrons. The maximum Gasteiger partial charge on any atom is 0.341 e. The number of amides is 1. The average Bonchev–Trinajstić information content (AvgIpc) is 3.15. The lowest BCUT2D eigenvalue weighted by Crippen LogP contribution is -2.49. The zero-order valence-electron chi connectivity index (χ0n) is 15.6. The first kappa shape index (κ1) is 21.0. The monoisotopic (exact) mass is 466 g/mol. The van der Waals surface area contributed by atoms with Gasteiger partial charge in [0, 0.05) is 23.2 Å². The van der Waals surface area contributed by atoms with Gasteiger partial charge in [0.05, 0.1) is 18.7 Å². The van der Waals surface area contributed by atoms with Crippen molar-refractivity contribution in [2.75, 3.05) is 31.7 Å². The first-order valence-electron chi connectivity index (χ1n) is 9.17. The molecule has 0 radical (unpaired) electrons. The summed E-state index contributed by atoms with van der Waals surface area (Å²) in [5, 5.41) is 8.53. The van der Waals surface area contributed by atoms with Crippen LogP contribution in [0.4, 0.5) is 5.00 Å². The van der Waals surface area contributed by atoms with Crippen molar-refractivity contribution in [2.24, 2.45) is 0 Å². The molecular weight excluding hydrogens is 444 g/mol. The van der Waals surface area contributed by atoms with Gasteiger partial charge in [-0.15, -0.1) is 11.3 Å². The van der Waals surface area contributed by atoms with Crippen LogP contribution < -0.4 is 10.6 Å². The van der Waals surface area contributed by atoms with Gasteiger partial charge >= 0.3 is 5.97 Å². The van der Waals surface area contributed by atoms with Crippen LogP contribution in [0.5, 0.6) is 0 Å². The fourth-order valence-electron chi connectivity index (χ4n) is 3.27. The number of hydrogen-bond donors (Lipinski definition) is 2. The van der Waals surface area contributed by atoms with Crippen LogP contribution in [-0.4, -0.2) is 38.2 Å². The first-order chi connectivity index (χ1) is 13.5. The number of benzene rings is 1. The van der Waals surface area contributed by atoms with Crippen molar-refractivity contribution in [1.29, 1.82) is 0 Å². The largest absolute Gasteiger partial charge is 0.462 e. The van der Waals surface area contributed by atoms with Crippen LogP contribution in [0.1, 0.15) is 35.7 Å². The molecule has 2 heterocycles. The van der Waals surface area contributed by atoms with Crippen molar-refractivity contribution in [3.8, 4) is 0 Å². The molecule has 1 aliphatic rings. The molecular formula is C20H23BrN2O4S. The van der Waals surface area contributed by atoms with Crippen LogP contribution >= 0.6 is 27.3 Å². The minimum absolute atomic E-state index is 0.132. The highest BCUT2D eigenvalue weighted by Gasteiger charge is 2.34. The summed E-state index contributed by atoms with van der Waals surface area (Å²) >= 11 is 4.83. The van der Waals surface area contributed by atoms with Crippen molar-refractivity contribution in [3.63, 3.8) is 0 Å². The Morgan fingerprint density at radius 2 is 2.07 bits per heavy atom. The number of rotatable bonds is 7. The average molecular weight is 467 g/mol. The molecule has 28 heavy (non-hydrogen) atoms. The molecule has 0 unspecified atom stereocenters. The predicted octanol–water partition coefficient (Wildman–Crippen LogP) is 3.92. The Morgan fingerprint density at radius 3 is 2.79 bits per heavy atom. The van der Waals surface area contributed by atoms with Crippen LogP contribution in [0.25, 0.3) is 0 Å². The molecule has 0 spiro atoms. The molecule has 1 aromatic carbocycles. The molecule has 0 atom stereocenters. The predicted molar refractivity (Wildman–Crippen MR) is 113 cm³/mol. The number of ether oxygens (including phenoxy) is 2. The quantitative estimate of drug-likeness (QED) is 0.604. The number of carbonyl (C=O) groups is 2. The van der Waals surface area contributed by atoms with E-state index in [0.717, 1.165) is 22.9 Å². The van der Waals surface area contributed by atoms with Gasteiger partial charge in [0.2, 0.25) is 5.91 Å². The van der Waals surface area contributed by atoms with E-state index in [0.29, 0.717) is 30.4 Å². The smallest absolute Gasteiger partial charge is 0.341 e. The number of anilines is 1. The minimum Gasteiger partial charge on any atom is -0.462 e. The van der Waals surface area contributed by atoms with Gasteiger partial charge in [0.15, 0.2) is 0 Å². The highest BCUT2D eigenvalue weighted by molar-refractivity contribution is 9.10. The molecule has 1 saturated heterocycles. The molecule has 1 aromatic heterocycles. The van der Waals surface area contributed by atoms with Gasteiger partial charge in [-0.2, -0.15) is 0 Å². The SMILES string of the molecule is CCOC(=O)c1ccsc1NC(=O)CNC1(c2cccc(Br)c2)CCOCC1. The van der Waals surface area contributed by atoms with E-state index in [1.165, 1.54) is 11.3 Å². The molecule has 1 amide bonds. The molecule has 0 bridgehead atoms. The Labute approximate surface area is 176 Å². The second kappa shape index (κ2) is 9.65. The topological polar surface area (TPSA) is 76.7 Å². The Bertz CT molecular complexity index is 833. The molecule has 6 nitrogen and oxygen atoms in total. The highest BCUT2D eigenvalue weighted by Crippen LogP contribution is 2.33. The molecule has 2 aromatic rings. The van der Waals surface area contributed by atoms with Gasteiger partial charge in [-0.05, 0) is 48.9 Å². The van der Waals surface area contributed by atoms with E-state index in [2.05, 4.69) is 38.7 Å². The number of nitrogens with one attached hydrogen (secondary N) is 2. The number of halogens is 1. The van der Waals surface area contributed by atoms with Gasteiger partial charge in [-0.1, -0.05) is 28.1 Å². The molecule has 1 fully saturated rings. The molecule has 0 aliphatic carbocycles. The van der Waals surface area contributed by atoms with Crippen molar-refractivity contribution in [2.45, 2.75) is 25.3 Å². The summed E-state index contributed by atoms with van der Waals surface area (Å²) in [6.45, 7) is 3.45. The van der Waals surface area contributed by atoms with Crippen molar-refractivity contribution >= 4 is 44.1 Å². The lowest BCUT2D eigenvalue weighted by atomic mass is 9.82. The molecule has 3 rings (SSSR count). The summed E-state index contributed by atoms with van der Waals surface area (Å²) in [4.78, 5) is 24.5. The Balaban J connectivity index is 1.68. The Morgan fingerprint density at radius 1 is 1.29 bits per heavy atom. The highest BCUT2D eigenvalue weighted by atomic mass is 79.9. The van der Waals surface area contributed by atoms with Crippen LogP contribution in [0, 0.1) is 0 Å². The van der Waals surface area contributed by atoms with E-state index < -0.39 is 5.97 Å². The summed E-state index contributed by atoms with van der Waals surface area (Å²) in [5.41, 5.74) is 1.19. The zero-order chi connectivity index (χ0) is 20.0. The van der Waals surface area contributed by atoms with Gasteiger partial charge in [-0.25, -0.2) is 4.79 Å². The standard InChI is InChI=1S/C20H23BrN2O4S/c1-2-27-19(25)16-6-11-28-18(16)23-17(24)13-22-20(7-9-26-10-8-20)14-4-3-5-15(21)12-14/h3-6,11-12,22H,2,7-10,13H2,1H3,(H,23,24). The summed E-state index contributed by atoms with van der Waals surface area (Å²) in [5.74, 6) is -0.629. The van der Waals surface area contributed by atoms with E-state index in [1.807, 2.05) is 12.1 Å². The van der Waals surface area contributed by atoms with Gasteiger partial charge in [-0.3, -0.25) is 10.1 Å². The maximum absolute atomic E-state index is 12.6. The Kier molecular flexibility index (Phi) is 7.23. The lowest BCUT2D eigenvalue weighted by Gasteiger charge is -2.38. The van der Waals surface area contributed by atoms with E-state index in [1.54, 1.807) is 18.4 Å². The molecule has 0 saturated carbocycles. The van der Waals surface area contributed by atoms with Crippen molar-refractivity contribution in [1.82, 2.24) is 5.32 Å². The van der Waals surface area contributed by atoms with E-state index >= 15 is 0 Å². The summed E-state index contributed by atoms with van der Waals surface area (Å²) in [6, 6.07) is 9.78. The van der Waals surface area contributed by atoms with Gasteiger partial charge < -0.3 is 14.8 Å². The summed E-state index contributed by atoms with van der Waals surface area (Å²) in [7, 11) is 0. The third-order valence-corrected chi connectivity index (χ3v) is 6.05. The molecule has 8 heteroatoms. The van der Waals surface area contributed by atoms with Gasteiger partial charge in [0.1, 0.15) is 5.00 Å². The lowest BCUT2D eigenvalue weighted by molar-refractivity contribution is -0.116. The second-order valence-corrected chi connectivity index (χ2v) is 8.32. The number of hydrogen-bond acceptors (Lipinski definition) is 6. The number of thiophene rings is 1. The maximum atomic E-state index is 12.6. The van der Waals surface area contributed by atoms with Crippen molar-refractivity contribution in [3.05, 3.63) is 51.3 Å². The number of carbonyl (C=O) groups excluding carboxylic acids is 2. The first-order valence-corrected chi connectivity index (χ1v) is 10.8. The van der Waals surface area contributed by atoms with Crippen LogP contribution in [-0.2, 0) is 19.8 Å². The third-order valence-electron chi connectivity index (χ3n) is 4.72. The third kappa shape index (κ3) is 5.00. The van der Waals surface area contributed by atoms with Crippen LogP contribution in [0.3, 0.4) is 0 Å². The second-order valence-electron chi connectivity index (χ2n) is 6.49. The normalized spacial score (nSPS) is 15.8. The fraction of sp³-hybridized carbons (Fsp3) is 0.400. The van der Waals surface area contributed by atoms with Crippen LogP contribution in [0.2, 0.25) is 0 Å². The zero-order valence-corrected chi connectivity index (χ0v) is 18.0. The minimum atomic E-state index is -0.429. The molecule has 2 N–H and O–H groups in total. The van der Waals surface area contributed by atoms with E-state index in [4.69, 9.17) is 9.47 Å². The van der Waals surface area contributed by atoms with E-state index in [-0.39, 0.29) is 18.0 Å².